The second kappa shape index (κ2) is 5.67. The Balaban J connectivity index is 2.31. The zero-order chi connectivity index (χ0) is 14.0. The second-order valence-corrected chi connectivity index (χ2v) is 4.87. The van der Waals surface area contributed by atoms with E-state index in [1.807, 2.05) is 0 Å². The Bertz CT molecular complexity index is 600. The number of hydrogen-bond donors (Lipinski definition) is 1. The lowest BCUT2D eigenvalue weighted by Crippen LogP contribution is -1.94. The molecule has 0 aliphatic heterocycles. The molecule has 0 fully saturated rings. The van der Waals surface area contributed by atoms with Gasteiger partial charge in [0.1, 0.15) is 5.75 Å². The Kier molecular flexibility index (Phi) is 4.17. The van der Waals surface area contributed by atoms with Crippen LogP contribution in [0.1, 0.15) is 18.6 Å². The predicted octanol–water partition coefficient (Wildman–Crippen LogP) is 4.57. The van der Waals surface area contributed by atoms with Crippen molar-refractivity contribution in [3.8, 4) is 11.5 Å². The Morgan fingerprint density at radius 2 is 1.89 bits per heavy atom. The van der Waals surface area contributed by atoms with Crippen LogP contribution in [0.5, 0.6) is 11.5 Å². The van der Waals surface area contributed by atoms with E-state index in [1.165, 1.54) is 12.1 Å². The van der Waals surface area contributed by atoms with Crippen LogP contribution in [0.4, 0.5) is 8.78 Å². The van der Waals surface area contributed by atoms with Crippen LogP contribution in [0.25, 0.3) is 0 Å². The zero-order valence-electron chi connectivity index (χ0n) is 10.0. The highest BCUT2D eigenvalue weighted by molar-refractivity contribution is 9.10. The number of benzene rings is 2. The molecule has 0 unspecified atom stereocenters. The fourth-order valence-corrected chi connectivity index (χ4v) is 2.02. The normalized spacial score (nSPS) is 12.3. The topological polar surface area (TPSA) is 29.5 Å². The van der Waals surface area contributed by atoms with Crippen molar-refractivity contribution in [1.29, 1.82) is 0 Å². The lowest BCUT2D eigenvalue weighted by atomic mass is 10.1. The van der Waals surface area contributed by atoms with Crippen LogP contribution in [0.15, 0.2) is 40.9 Å². The summed E-state index contributed by atoms with van der Waals surface area (Å²) >= 11 is 3.26. The van der Waals surface area contributed by atoms with E-state index in [9.17, 15) is 13.9 Å². The average molecular weight is 329 g/mol. The molecule has 1 atom stereocenters. The van der Waals surface area contributed by atoms with E-state index in [1.54, 1.807) is 25.1 Å². The summed E-state index contributed by atoms with van der Waals surface area (Å²) in [5, 5.41) is 9.44. The summed E-state index contributed by atoms with van der Waals surface area (Å²) in [6.07, 6.45) is -0.615. The molecule has 0 spiro atoms. The van der Waals surface area contributed by atoms with Crippen LogP contribution in [-0.4, -0.2) is 5.11 Å². The zero-order valence-corrected chi connectivity index (χ0v) is 11.6. The van der Waals surface area contributed by atoms with Gasteiger partial charge in [0.15, 0.2) is 11.6 Å². The highest BCUT2D eigenvalue weighted by atomic mass is 79.9. The Hall–Kier alpha value is -1.46. The maximum absolute atomic E-state index is 13.5. The summed E-state index contributed by atoms with van der Waals surface area (Å²) in [6, 6.07) is 8.63. The monoisotopic (exact) mass is 328 g/mol. The Labute approximate surface area is 117 Å². The van der Waals surface area contributed by atoms with Gasteiger partial charge in [-0.3, -0.25) is 0 Å². The fraction of sp³-hybridized carbons (Fsp3) is 0.143. The summed E-state index contributed by atoms with van der Waals surface area (Å²) in [5.41, 5.74) is 0.693. The summed E-state index contributed by atoms with van der Waals surface area (Å²) in [5.74, 6) is -1.84. The number of hydrogen-bond acceptors (Lipinski definition) is 2. The van der Waals surface area contributed by atoms with E-state index < -0.39 is 17.7 Å². The van der Waals surface area contributed by atoms with Gasteiger partial charge in [-0.1, -0.05) is 12.1 Å². The molecule has 0 aromatic heterocycles. The van der Waals surface area contributed by atoms with Crippen LogP contribution in [0.3, 0.4) is 0 Å². The first-order valence-corrected chi connectivity index (χ1v) is 6.37. The summed E-state index contributed by atoms with van der Waals surface area (Å²) in [7, 11) is 0. The third-order valence-corrected chi connectivity index (χ3v) is 3.19. The molecule has 2 aromatic carbocycles. The molecule has 5 heteroatoms. The van der Waals surface area contributed by atoms with E-state index in [0.29, 0.717) is 15.8 Å². The lowest BCUT2D eigenvalue weighted by molar-refractivity contribution is 0.199. The molecule has 2 rings (SSSR count). The van der Waals surface area contributed by atoms with Crippen molar-refractivity contribution in [2.24, 2.45) is 0 Å². The molecule has 2 aromatic rings. The molecule has 0 radical (unpaired) electrons. The highest BCUT2D eigenvalue weighted by Crippen LogP contribution is 2.33. The summed E-state index contributed by atoms with van der Waals surface area (Å²) in [6.45, 7) is 1.63. The minimum Gasteiger partial charge on any atom is -0.453 e. The number of aliphatic hydroxyl groups is 1. The molecule has 0 heterocycles. The Morgan fingerprint density at radius 3 is 2.53 bits per heavy atom. The first-order chi connectivity index (χ1) is 8.99. The van der Waals surface area contributed by atoms with Gasteiger partial charge >= 0.3 is 0 Å². The van der Waals surface area contributed by atoms with Crippen molar-refractivity contribution in [2.75, 3.05) is 0 Å². The number of aliphatic hydroxyl groups excluding tert-OH is 1. The van der Waals surface area contributed by atoms with Gasteiger partial charge in [0.2, 0.25) is 5.82 Å². The largest absolute Gasteiger partial charge is 0.453 e. The van der Waals surface area contributed by atoms with Crippen LogP contribution in [0.2, 0.25) is 0 Å². The number of rotatable bonds is 3. The predicted molar refractivity (Wildman–Crippen MR) is 71.2 cm³/mol. The van der Waals surface area contributed by atoms with Gasteiger partial charge < -0.3 is 9.84 Å². The SMILES string of the molecule is C[C@H](O)c1ccc(Oc2cccc(F)c2F)c(Br)c1. The minimum absolute atomic E-state index is 0.189. The van der Waals surface area contributed by atoms with Gasteiger partial charge in [0.25, 0.3) is 0 Å². The van der Waals surface area contributed by atoms with Gasteiger partial charge in [-0.2, -0.15) is 4.39 Å². The van der Waals surface area contributed by atoms with Crippen LogP contribution < -0.4 is 4.74 Å². The van der Waals surface area contributed by atoms with Crippen molar-refractivity contribution >= 4 is 15.9 Å². The highest BCUT2D eigenvalue weighted by Gasteiger charge is 2.12. The van der Waals surface area contributed by atoms with Gasteiger partial charge in [-0.05, 0) is 52.7 Å². The minimum atomic E-state index is -1.03. The lowest BCUT2D eigenvalue weighted by Gasteiger charge is -2.11. The van der Waals surface area contributed by atoms with Gasteiger partial charge in [-0.15, -0.1) is 0 Å². The van der Waals surface area contributed by atoms with Crippen LogP contribution >= 0.6 is 15.9 Å². The van der Waals surface area contributed by atoms with Gasteiger partial charge in [0.05, 0.1) is 10.6 Å². The standard InChI is InChI=1S/C14H11BrF2O2/c1-8(18)9-5-6-12(10(15)7-9)19-13-4-2-3-11(16)14(13)17/h2-8,18H,1H3/t8-/m0/s1. The van der Waals surface area contributed by atoms with Crippen molar-refractivity contribution in [3.05, 3.63) is 58.1 Å². The third-order valence-electron chi connectivity index (χ3n) is 2.57. The van der Waals surface area contributed by atoms with E-state index in [4.69, 9.17) is 4.74 Å². The Morgan fingerprint density at radius 1 is 1.16 bits per heavy atom. The van der Waals surface area contributed by atoms with Crippen molar-refractivity contribution in [3.63, 3.8) is 0 Å². The molecular weight excluding hydrogens is 318 g/mol. The van der Waals surface area contributed by atoms with Gasteiger partial charge in [0, 0.05) is 0 Å². The molecule has 0 amide bonds. The molecule has 19 heavy (non-hydrogen) atoms. The molecule has 100 valence electrons. The molecular formula is C14H11BrF2O2. The number of halogens is 3. The molecule has 0 aliphatic carbocycles. The fourth-order valence-electron chi connectivity index (χ4n) is 1.54. The quantitative estimate of drug-likeness (QED) is 0.894. The first-order valence-electron chi connectivity index (χ1n) is 5.58. The molecule has 0 bridgehead atoms. The van der Waals surface area contributed by atoms with Crippen LogP contribution in [0, 0.1) is 11.6 Å². The van der Waals surface area contributed by atoms with E-state index in [2.05, 4.69) is 15.9 Å². The van der Waals surface area contributed by atoms with E-state index >= 15 is 0 Å². The molecule has 0 aliphatic rings. The maximum Gasteiger partial charge on any atom is 0.201 e. The smallest absolute Gasteiger partial charge is 0.201 e. The second-order valence-electron chi connectivity index (χ2n) is 4.02. The number of ether oxygens (including phenoxy) is 1. The van der Waals surface area contributed by atoms with E-state index in [-0.39, 0.29) is 5.75 Å². The van der Waals surface area contributed by atoms with Crippen molar-refractivity contribution in [1.82, 2.24) is 0 Å². The average Bonchev–Trinajstić information content (AvgIpc) is 2.37. The summed E-state index contributed by atoms with van der Waals surface area (Å²) < 4.78 is 32.4. The summed E-state index contributed by atoms with van der Waals surface area (Å²) in [4.78, 5) is 0. The third kappa shape index (κ3) is 3.11. The first kappa shape index (κ1) is 14.0. The van der Waals surface area contributed by atoms with Crippen LogP contribution in [-0.2, 0) is 0 Å². The maximum atomic E-state index is 13.5. The molecule has 0 saturated carbocycles. The molecule has 1 N–H and O–H groups in total. The van der Waals surface area contributed by atoms with Gasteiger partial charge in [-0.25, -0.2) is 4.39 Å². The van der Waals surface area contributed by atoms with Crippen molar-refractivity contribution < 1.29 is 18.6 Å². The molecule has 0 saturated heterocycles. The van der Waals surface area contributed by atoms with Crippen molar-refractivity contribution in [2.45, 2.75) is 13.0 Å². The molecule has 2 nitrogen and oxygen atoms in total. The van der Waals surface area contributed by atoms with E-state index in [0.717, 1.165) is 6.07 Å².